The van der Waals surface area contributed by atoms with E-state index in [-0.39, 0.29) is 23.4 Å². The second-order valence-electron chi connectivity index (χ2n) is 4.49. The molecule has 1 saturated heterocycles. The third-order valence-electron chi connectivity index (χ3n) is 3.06. The molecule has 0 aliphatic carbocycles. The zero-order chi connectivity index (χ0) is 13.9. The summed E-state index contributed by atoms with van der Waals surface area (Å²) in [4.78, 5) is 3.90. The maximum atomic E-state index is 12.2. The van der Waals surface area contributed by atoms with Crippen LogP contribution < -0.4 is 4.72 Å². The van der Waals surface area contributed by atoms with Gasteiger partial charge in [-0.25, -0.2) is 4.98 Å². The number of halogens is 1. The van der Waals surface area contributed by atoms with Gasteiger partial charge in [0, 0.05) is 25.9 Å². The smallest absolute Gasteiger partial charge is 0.302 e. The van der Waals surface area contributed by atoms with Crippen LogP contribution in [-0.2, 0) is 10.2 Å². The van der Waals surface area contributed by atoms with Crippen LogP contribution in [0.5, 0.6) is 0 Å². The molecule has 1 aliphatic rings. The van der Waals surface area contributed by atoms with Gasteiger partial charge in [-0.1, -0.05) is 11.6 Å². The highest BCUT2D eigenvalue weighted by molar-refractivity contribution is 7.90. The first-order valence-corrected chi connectivity index (χ1v) is 7.84. The summed E-state index contributed by atoms with van der Waals surface area (Å²) in [5, 5.41) is 9.38. The summed E-state index contributed by atoms with van der Waals surface area (Å²) in [6, 6.07) is 3.20. The van der Waals surface area contributed by atoms with Gasteiger partial charge in [0.1, 0.15) is 0 Å². The largest absolute Gasteiger partial charge is 0.396 e. The average molecular weight is 306 g/mol. The van der Waals surface area contributed by atoms with E-state index >= 15 is 0 Å². The van der Waals surface area contributed by atoms with E-state index in [2.05, 4.69) is 9.71 Å². The van der Waals surface area contributed by atoms with E-state index in [1.54, 1.807) is 12.1 Å². The quantitative estimate of drug-likeness (QED) is 0.872. The molecule has 2 heterocycles. The fourth-order valence-electron chi connectivity index (χ4n) is 2.04. The highest BCUT2D eigenvalue weighted by Crippen LogP contribution is 2.23. The van der Waals surface area contributed by atoms with Crippen molar-refractivity contribution in [2.75, 3.05) is 24.4 Å². The van der Waals surface area contributed by atoms with E-state index < -0.39 is 10.2 Å². The Kier molecular flexibility index (Phi) is 4.62. The zero-order valence-electron chi connectivity index (χ0n) is 10.3. The summed E-state index contributed by atoms with van der Waals surface area (Å²) in [6.07, 6.45) is 3.05. The minimum Gasteiger partial charge on any atom is -0.396 e. The summed E-state index contributed by atoms with van der Waals surface area (Å²) >= 11 is 5.88. The standard InChI is InChI=1S/C11H16ClN3O3S/c12-10-4-1-5-13-11(10)14-19(17,18)15-6-2-3-9(7-15)8-16/h1,4-5,9,16H,2-3,6-8H2,(H,13,14). The summed E-state index contributed by atoms with van der Waals surface area (Å²) in [6.45, 7) is 0.753. The molecule has 1 aromatic rings. The lowest BCUT2D eigenvalue weighted by molar-refractivity contribution is 0.166. The van der Waals surface area contributed by atoms with E-state index in [9.17, 15) is 8.42 Å². The Morgan fingerprint density at radius 2 is 2.37 bits per heavy atom. The van der Waals surface area contributed by atoms with Gasteiger partial charge in [0.2, 0.25) is 0 Å². The van der Waals surface area contributed by atoms with Crippen LogP contribution in [0.1, 0.15) is 12.8 Å². The number of aliphatic hydroxyl groups is 1. The molecule has 1 aliphatic heterocycles. The van der Waals surface area contributed by atoms with E-state index in [4.69, 9.17) is 16.7 Å². The number of nitrogens with zero attached hydrogens (tertiary/aromatic N) is 2. The monoisotopic (exact) mass is 305 g/mol. The van der Waals surface area contributed by atoms with Gasteiger partial charge < -0.3 is 5.11 Å². The molecule has 0 aromatic carbocycles. The first-order chi connectivity index (χ1) is 9.03. The minimum absolute atomic E-state index is 0.00361. The van der Waals surface area contributed by atoms with Gasteiger partial charge in [-0.15, -0.1) is 0 Å². The molecule has 2 N–H and O–H groups in total. The molecule has 1 atom stereocenters. The Hall–Kier alpha value is -0.890. The first-order valence-electron chi connectivity index (χ1n) is 6.02. The van der Waals surface area contributed by atoms with Crippen molar-refractivity contribution >= 4 is 27.6 Å². The van der Waals surface area contributed by atoms with Gasteiger partial charge in [0.25, 0.3) is 0 Å². The predicted octanol–water partition coefficient (Wildman–Crippen LogP) is 1.10. The van der Waals surface area contributed by atoms with Gasteiger partial charge in [-0.2, -0.15) is 12.7 Å². The van der Waals surface area contributed by atoms with Crippen LogP contribution >= 0.6 is 11.6 Å². The van der Waals surface area contributed by atoms with Gasteiger partial charge in [-0.05, 0) is 30.9 Å². The molecular weight excluding hydrogens is 290 g/mol. The number of hydrogen-bond donors (Lipinski definition) is 2. The lowest BCUT2D eigenvalue weighted by Crippen LogP contribution is -2.43. The fourth-order valence-corrected chi connectivity index (χ4v) is 3.58. The summed E-state index contributed by atoms with van der Waals surface area (Å²) in [5.74, 6) is 0.111. The number of piperidine rings is 1. The van der Waals surface area contributed by atoms with Crippen molar-refractivity contribution in [3.8, 4) is 0 Å². The molecule has 106 valence electrons. The highest BCUT2D eigenvalue weighted by Gasteiger charge is 2.29. The molecule has 0 bridgehead atoms. The number of aromatic nitrogens is 1. The predicted molar refractivity (Wildman–Crippen MR) is 73.2 cm³/mol. The van der Waals surface area contributed by atoms with Gasteiger partial charge in [-0.3, -0.25) is 4.72 Å². The molecule has 1 fully saturated rings. The molecule has 8 heteroatoms. The molecule has 19 heavy (non-hydrogen) atoms. The van der Waals surface area contributed by atoms with Crippen LogP contribution in [0.15, 0.2) is 18.3 Å². The molecule has 2 rings (SSSR count). The number of aliphatic hydroxyl groups excluding tert-OH is 1. The number of nitrogens with one attached hydrogen (secondary N) is 1. The fraction of sp³-hybridized carbons (Fsp3) is 0.545. The van der Waals surface area contributed by atoms with E-state index in [0.717, 1.165) is 12.8 Å². The molecular formula is C11H16ClN3O3S. The normalized spacial score (nSPS) is 21.3. The summed E-state index contributed by atoms with van der Waals surface area (Å²) in [7, 11) is -3.68. The lowest BCUT2D eigenvalue weighted by atomic mass is 10.0. The van der Waals surface area contributed by atoms with E-state index in [1.807, 2.05) is 0 Å². The van der Waals surface area contributed by atoms with E-state index in [0.29, 0.717) is 13.1 Å². The third kappa shape index (κ3) is 3.56. The van der Waals surface area contributed by atoms with Crippen molar-refractivity contribution in [3.63, 3.8) is 0 Å². The number of rotatable bonds is 4. The second kappa shape index (κ2) is 6.04. The topological polar surface area (TPSA) is 82.5 Å². The molecule has 0 amide bonds. The molecule has 0 saturated carbocycles. The number of anilines is 1. The SMILES string of the molecule is O=S(=O)(Nc1ncccc1Cl)N1CCCC(CO)C1. The van der Waals surface area contributed by atoms with Crippen LogP contribution in [-0.4, -0.2) is 42.5 Å². The average Bonchev–Trinajstić information content (AvgIpc) is 2.41. The highest BCUT2D eigenvalue weighted by atomic mass is 35.5. The second-order valence-corrected chi connectivity index (χ2v) is 6.57. The van der Waals surface area contributed by atoms with Crippen molar-refractivity contribution < 1.29 is 13.5 Å². The molecule has 1 unspecified atom stereocenters. The summed E-state index contributed by atoms with van der Waals surface area (Å²) in [5.41, 5.74) is 0. The maximum Gasteiger partial charge on any atom is 0.302 e. The Bertz CT molecular complexity index is 538. The van der Waals surface area contributed by atoms with E-state index in [1.165, 1.54) is 10.5 Å². The van der Waals surface area contributed by atoms with Crippen molar-refractivity contribution in [3.05, 3.63) is 23.4 Å². The summed E-state index contributed by atoms with van der Waals surface area (Å²) < 4.78 is 28.1. The first kappa shape index (κ1) is 14.5. The van der Waals surface area contributed by atoms with Gasteiger partial charge >= 0.3 is 10.2 Å². The van der Waals surface area contributed by atoms with Crippen molar-refractivity contribution in [2.45, 2.75) is 12.8 Å². The van der Waals surface area contributed by atoms with Crippen LogP contribution in [0.25, 0.3) is 0 Å². The van der Waals surface area contributed by atoms with Crippen molar-refractivity contribution in [1.82, 2.24) is 9.29 Å². The van der Waals surface area contributed by atoms with Gasteiger partial charge in [0.15, 0.2) is 5.82 Å². The molecule has 6 nitrogen and oxygen atoms in total. The van der Waals surface area contributed by atoms with Gasteiger partial charge in [0.05, 0.1) is 5.02 Å². The van der Waals surface area contributed by atoms with Crippen LogP contribution in [0.2, 0.25) is 5.02 Å². The van der Waals surface area contributed by atoms with Crippen LogP contribution in [0, 0.1) is 5.92 Å². The molecule has 0 radical (unpaired) electrons. The minimum atomic E-state index is -3.68. The van der Waals surface area contributed by atoms with Crippen LogP contribution in [0.3, 0.4) is 0 Å². The van der Waals surface area contributed by atoms with Crippen molar-refractivity contribution in [1.29, 1.82) is 0 Å². The molecule has 1 aromatic heterocycles. The maximum absolute atomic E-state index is 12.2. The Balaban J connectivity index is 2.12. The molecule has 0 spiro atoms. The Morgan fingerprint density at radius 3 is 3.05 bits per heavy atom. The lowest BCUT2D eigenvalue weighted by Gasteiger charge is -2.30. The third-order valence-corrected chi connectivity index (χ3v) is 4.83. The number of hydrogen-bond acceptors (Lipinski definition) is 4. The Labute approximate surface area is 117 Å². The zero-order valence-corrected chi connectivity index (χ0v) is 11.9. The van der Waals surface area contributed by atoms with Crippen molar-refractivity contribution in [2.24, 2.45) is 5.92 Å². The van der Waals surface area contributed by atoms with Crippen LogP contribution in [0.4, 0.5) is 5.82 Å². The number of pyridine rings is 1. The Morgan fingerprint density at radius 1 is 1.58 bits per heavy atom.